The summed E-state index contributed by atoms with van der Waals surface area (Å²) in [4.78, 5) is 0. The van der Waals surface area contributed by atoms with E-state index in [-0.39, 0.29) is 6.61 Å². The lowest BCUT2D eigenvalue weighted by Gasteiger charge is -2.05. The Labute approximate surface area is 95.9 Å². The molecule has 0 aliphatic heterocycles. The van der Waals surface area contributed by atoms with Crippen LogP contribution < -0.4 is 5.73 Å². The van der Waals surface area contributed by atoms with Crippen molar-refractivity contribution in [3.05, 3.63) is 24.3 Å². The first-order valence-corrected chi connectivity index (χ1v) is 5.66. The number of rotatable bonds is 5. The summed E-state index contributed by atoms with van der Waals surface area (Å²) in [5, 5.41) is 5.05. The quantitative estimate of drug-likeness (QED) is 0.643. The maximum Gasteiger partial charge on any atom is 0.253 e. The molecule has 0 bridgehead atoms. The number of hydrogen-bond donors (Lipinski definition) is 1. The summed E-state index contributed by atoms with van der Waals surface area (Å²) in [6, 6.07) is 7.28. The minimum Gasteiger partial charge on any atom is -0.355 e. The highest BCUT2D eigenvalue weighted by Crippen LogP contribution is 2.30. The van der Waals surface area contributed by atoms with E-state index >= 15 is 0 Å². The molecule has 0 aliphatic carbocycles. The Balaban J connectivity index is 2.09. The second-order valence-electron chi connectivity index (χ2n) is 3.04. The van der Waals surface area contributed by atoms with Crippen molar-refractivity contribution in [2.75, 3.05) is 13.2 Å². The molecule has 4 nitrogen and oxygen atoms in total. The highest BCUT2D eigenvalue weighted by Gasteiger charge is 2.14. The molecule has 6 heteroatoms. The first-order chi connectivity index (χ1) is 7.81. The molecule has 2 aromatic rings. The number of nitrogens with zero attached hydrogens (tertiary/aromatic N) is 1. The Kier molecular flexibility index (Phi) is 3.76. The van der Waals surface area contributed by atoms with E-state index in [2.05, 4.69) is 5.16 Å². The van der Waals surface area contributed by atoms with Gasteiger partial charge in [0.1, 0.15) is 0 Å². The van der Waals surface area contributed by atoms with Gasteiger partial charge in [-0.05, 0) is 23.9 Å². The fraction of sp³-hybridized carbons (Fsp3) is 0.300. The lowest BCUT2D eigenvalue weighted by atomic mass is 10.3. The number of halogens is 1. The van der Waals surface area contributed by atoms with Crippen LogP contribution in [-0.4, -0.2) is 24.0 Å². The molecule has 1 atom stereocenters. The third-order valence-corrected chi connectivity index (χ3v) is 2.75. The molecule has 2 rings (SSSR count). The van der Waals surface area contributed by atoms with Crippen LogP contribution in [0.5, 0.6) is 0 Å². The first kappa shape index (κ1) is 11.4. The Hall–Kier alpha value is -1.11. The van der Waals surface area contributed by atoms with Gasteiger partial charge in [-0.3, -0.25) is 0 Å². The van der Waals surface area contributed by atoms with Gasteiger partial charge >= 0.3 is 0 Å². The van der Waals surface area contributed by atoms with Crippen LogP contribution in [0.25, 0.3) is 11.0 Å². The van der Waals surface area contributed by atoms with E-state index in [0.29, 0.717) is 17.2 Å². The number of benzene rings is 1. The topological polar surface area (TPSA) is 61.3 Å². The molecule has 0 aliphatic rings. The molecule has 0 saturated carbocycles. The molecule has 0 amide bonds. The summed E-state index contributed by atoms with van der Waals surface area (Å²) in [7, 11) is 0. The largest absolute Gasteiger partial charge is 0.355 e. The number of alkyl halides is 1. The molecule has 2 N–H and O–H groups in total. The number of nitrogens with two attached hydrogens (primary N) is 1. The van der Waals surface area contributed by atoms with Crippen molar-refractivity contribution in [3.63, 3.8) is 0 Å². The number of hydrogen-bond acceptors (Lipinski definition) is 5. The summed E-state index contributed by atoms with van der Waals surface area (Å²) >= 11 is 0.870. The first-order valence-electron chi connectivity index (χ1n) is 4.78. The van der Waals surface area contributed by atoms with Gasteiger partial charge in [-0.25, -0.2) is 4.39 Å². The Morgan fingerprint density at radius 3 is 3.12 bits per heavy atom. The molecule has 1 unspecified atom stereocenters. The van der Waals surface area contributed by atoms with Gasteiger partial charge in [0.15, 0.2) is 10.6 Å². The van der Waals surface area contributed by atoms with E-state index in [9.17, 15) is 4.39 Å². The Bertz CT molecular complexity index is 463. The molecule has 0 fully saturated rings. The summed E-state index contributed by atoms with van der Waals surface area (Å²) in [5.74, 6) is 0. The molecule has 0 saturated heterocycles. The fourth-order valence-corrected chi connectivity index (χ4v) is 1.95. The van der Waals surface area contributed by atoms with Gasteiger partial charge in [-0.15, -0.1) is 0 Å². The SMILES string of the molecule is NCCOC(F)Sc1noc2ccccc12. The maximum absolute atomic E-state index is 13.3. The van der Waals surface area contributed by atoms with Crippen molar-refractivity contribution in [3.8, 4) is 0 Å². The van der Waals surface area contributed by atoms with E-state index in [1.165, 1.54) is 0 Å². The predicted molar refractivity (Wildman–Crippen MR) is 59.8 cm³/mol. The van der Waals surface area contributed by atoms with Crippen molar-refractivity contribution in [1.29, 1.82) is 0 Å². The lowest BCUT2D eigenvalue weighted by Crippen LogP contribution is -2.12. The zero-order chi connectivity index (χ0) is 11.4. The summed E-state index contributed by atoms with van der Waals surface area (Å²) < 4.78 is 23.1. The van der Waals surface area contributed by atoms with Crippen molar-refractivity contribution in [2.24, 2.45) is 5.73 Å². The van der Waals surface area contributed by atoms with Crippen molar-refractivity contribution >= 4 is 22.7 Å². The molecule has 1 heterocycles. The lowest BCUT2D eigenvalue weighted by molar-refractivity contribution is 0.0330. The number of thioether (sulfide) groups is 1. The van der Waals surface area contributed by atoms with Crippen LogP contribution in [0, 0.1) is 0 Å². The predicted octanol–water partition coefficient (Wildman–Crippen LogP) is 2.15. The normalized spacial score (nSPS) is 13.1. The molecular formula is C10H11FN2O2S. The van der Waals surface area contributed by atoms with E-state index in [4.69, 9.17) is 15.0 Å². The van der Waals surface area contributed by atoms with Crippen molar-refractivity contribution in [2.45, 2.75) is 10.7 Å². The molecule has 1 aromatic carbocycles. The zero-order valence-corrected chi connectivity index (χ0v) is 9.24. The number of ether oxygens (including phenoxy) is 1. The maximum atomic E-state index is 13.3. The summed E-state index contributed by atoms with van der Waals surface area (Å²) in [6.07, 6.45) is 0. The number of para-hydroxylation sites is 1. The van der Waals surface area contributed by atoms with Crippen LogP contribution in [0.3, 0.4) is 0 Å². The van der Waals surface area contributed by atoms with E-state index in [0.717, 1.165) is 17.1 Å². The van der Waals surface area contributed by atoms with Crippen LogP contribution in [0.1, 0.15) is 0 Å². The van der Waals surface area contributed by atoms with Crippen LogP contribution in [0.4, 0.5) is 4.39 Å². The minimum absolute atomic E-state index is 0.184. The molecule has 0 spiro atoms. The number of aromatic nitrogens is 1. The van der Waals surface area contributed by atoms with Gasteiger partial charge in [0.25, 0.3) is 5.69 Å². The third-order valence-electron chi connectivity index (χ3n) is 1.92. The summed E-state index contributed by atoms with van der Waals surface area (Å²) in [5.41, 5.74) is 4.37. The van der Waals surface area contributed by atoms with E-state index < -0.39 is 5.69 Å². The molecule has 16 heavy (non-hydrogen) atoms. The van der Waals surface area contributed by atoms with Crippen molar-refractivity contribution in [1.82, 2.24) is 5.16 Å². The average Bonchev–Trinajstić information content (AvgIpc) is 2.70. The fourth-order valence-electron chi connectivity index (χ4n) is 1.23. The highest BCUT2D eigenvalue weighted by molar-refractivity contribution is 7.99. The molecule has 1 aromatic heterocycles. The molecule has 0 radical (unpaired) electrons. The average molecular weight is 242 g/mol. The highest BCUT2D eigenvalue weighted by atomic mass is 32.2. The molecule has 86 valence electrons. The second-order valence-corrected chi connectivity index (χ2v) is 4.03. The zero-order valence-electron chi connectivity index (χ0n) is 8.43. The third kappa shape index (κ3) is 2.52. The van der Waals surface area contributed by atoms with Gasteiger partial charge in [-0.1, -0.05) is 17.3 Å². The summed E-state index contributed by atoms with van der Waals surface area (Å²) in [6.45, 7) is 0.477. The monoisotopic (exact) mass is 242 g/mol. The Morgan fingerprint density at radius 2 is 2.31 bits per heavy atom. The smallest absolute Gasteiger partial charge is 0.253 e. The van der Waals surface area contributed by atoms with E-state index in [1.807, 2.05) is 18.2 Å². The minimum atomic E-state index is -1.47. The van der Waals surface area contributed by atoms with Crippen molar-refractivity contribution < 1.29 is 13.7 Å². The van der Waals surface area contributed by atoms with Gasteiger partial charge < -0.3 is 15.0 Å². The van der Waals surface area contributed by atoms with Crippen LogP contribution in [0.2, 0.25) is 0 Å². The van der Waals surface area contributed by atoms with E-state index in [1.54, 1.807) is 6.07 Å². The Morgan fingerprint density at radius 1 is 1.50 bits per heavy atom. The second kappa shape index (κ2) is 5.29. The van der Waals surface area contributed by atoms with Crippen LogP contribution >= 0.6 is 11.8 Å². The van der Waals surface area contributed by atoms with Gasteiger partial charge in [0, 0.05) is 6.54 Å². The standard InChI is InChI=1S/C10H11FN2O2S/c11-10(14-6-5-12)16-9-7-3-1-2-4-8(7)15-13-9/h1-4,10H,5-6,12H2. The number of fused-ring (bicyclic) bond motifs is 1. The van der Waals surface area contributed by atoms with Crippen LogP contribution in [0.15, 0.2) is 33.8 Å². The van der Waals surface area contributed by atoms with Gasteiger partial charge in [0.2, 0.25) is 0 Å². The van der Waals surface area contributed by atoms with Gasteiger partial charge in [0.05, 0.1) is 12.0 Å². The van der Waals surface area contributed by atoms with Crippen LogP contribution in [-0.2, 0) is 4.74 Å². The van der Waals surface area contributed by atoms with Gasteiger partial charge in [-0.2, -0.15) is 0 Å². The molecular weight excluding hydrogens is 231 g/mol.